The Bertz CT molecular complexity index is 724. The SMILES string of the molecule is Cc1ccc(S(N)(=O)=O)cc1C(=O)OCC(=O)NC1CCCCC1. The molecule has 1 aromatic carbocycles. The summed E-state index contributed by atoms with van der Waals surface area (Å²) in [6, 6.07) is 4.08. The third-order valence-electron chi connectivity index (χ3n) is 4.06. The Hall–Kier alpha value is -1.93. The maximum Gasteiger partial charge on any atom is 0.338 e. The molecule has 132 valence electrons. The molecule has 0 aromatic heterocycles. The van der Waals surface area contributed by atoms with Gasteiger partial charge in [-0.3, -0.25) is 4.79 Å². The van der Waals surface area contributed by atoms with Crippen LogP contribution in [0.25, 0.3) is 0 Å². The fourth-order valence-electron chi connectivity index (χ4n) is 2.72. The topological polar surface area (TPSA) is 116 Å². The van der Waals surface area contributed by atoms with Gasteiger partial charge in [-0.2, -0.15) is 0 Å². The molecule has 0 aliphatic heterocycles. The number of amides is 1. The van der Waals surface area contributed by atoms with Gasteiger partial charge in [-0.05, 0) is 37.5 Å². The van der Waals surface area contributed by atoms with Crippen LogP contribution in [-0.2, 0) is 19.6 Å². The fourth-order valence-corrected chi connectivity index (χ4v) is 3.26. The molecule has 0 saturated heterocycles. The molecule has 1 amide bonds. The number of rotatable bonds is 5. The highest BCUT2D eigenvalue weighted by Crippen LogP contribution is 2.18. The molecule has 7 nitrogen and oxygen atoms in total. The zero-order valence-electron chi connectivity index (χ0n) is 13.6. The Morgan fingerprint density at radius 3 is 2.54 bits per heavy atom. The van der Waals surface area contributed by atoms with Crippen molar-refractivity contribution in [3.63, 3.8) is 0 Å². The van der Waals surface area contributed by atoms with E-state index in [1.165, 1.54) is 18.6 Å². The van der Waals surface area contributed by atoms with E-state index in [4.69, 9.17) is 9.88 Å². The molecule has 24 heavy (non-hydrogen) atoms. The first-order valence-corrected chi connectivity index (χ1v) is 9.42. The molecule has 0 bridgehead atoms. The van der Waals surface area contributed by atoms with Gasteiger partial charge in [0.05, 0.1) is 10.5 Å². The molecular formula is C16H22N2O5S. The van der Waals surface area contributed by atoms with E-state index in [9.17, 15) is 18.0 Å². The van der Waals surface area contributed by atoms with E-state index >= 15 is 0 Å². The van der Waals surface area contributed by atoms with Crippen LogP contribution in [0.15, 0.2) is 23.1 Å². The predicted molar refractivity (Wildman–Crippen MR) is 87.9 cm³/mol. The van der Waals surface area contributed by atoms with E-state index in [2.05, 4.69) is 5.32 Å². The Kier molecular flexibility index (Phi) is 5.95. The van der Waals surface area contributed by atoms with Gasteiger partial charge in [0.2, 0.25) is 10.0 Å². The summed E-state index contributed by atoms with van der Waals surface area (Å²) in [7, 11) is -3.91. The van der Waals surface area contributed by atoms with Gasteiger partial charge < -0.3 is 10.1 Å². The lowest BCUT2D eigenvalue weighted by Crippen LogP contribution is -2.38. The van der Waals surface area contributed by atoms with E-state index < -0.39 is 22.6 Å². The Balaban J connectivity index is 1.95. The second-order valence-corrected chi connectivity index (χ2v) is 7.56. The summed E-state index contributed by atoms with van der Waals surface area (Å²) < 4.78 is 27.7. The van der Waals surface area contributed by atoms with E-state index in [-0.39, 0.29) is 22.4 Å². The number of carbonyl (C=O) groups excluding carboxylic acids is 2. The zero-order chi connectivity index (χ0) is 17.7. The first kappa shape index (κ1) is 18.4. The van der Waals surface area contributed by atoms with Gasteiger partial charge in [-0.25, -0.2) is 18.4 Å². The normalized spacial score (nSPS) is 15.8. The van der Waals surface area contributed by atoms with Crippen LogP contribution < -0.4 is 10.5 Å². The van der Waals surface area contributed by atoms with Gasteiger partial charge in [-0.15, -0.1) is 0 Å². The van der Waals surface area contributed by atoms with E-state index in [0.29, 0.717) is 5.56 Å². The number of ether oxygens (including phenoxy) is 1. The van der Waals surface area contributed by atoms with Crippen LogP contribution >= 0.6 is 0 Å². The number of nitrogens with one attached hydrogen (secondary N) is 1. The van der Waals surface area contributed by atoms with Gasteiger partial charge in [-0.1, -0.05) is 25.3 Å². The van der Waals surface area contributed by atoms with Crippen LogP contribution in [-0.4, -0.2) is 32.9 Å². The van der Waals surface area contributed by atoms with Crippen LogP contribution in [0.3, 0.4) is 0 Å². The standard InChI is InChI=1S/C16H22N2O5S/c1-11-7-8-13(24(17,21)22)9-14(11)16(20)23-10-15(19)18-12-5-3-2-4-6-12/h7-9,12H,2-6,10H2,1H3,(H,18,19)(H2,17,21,22). The van der Waals surface area contributed by atoms with Crippen molar-refractivity contribution in [3.8, 4) is 0 Å². The lowest BCUT2D eigenvalue weighted by Gasteiger charge is -2.22. The summed E-state index contributed by atoms with van der Waals surface area (Å²) in [5.74, 6) is -1.10. The molecule has 1 aliphatic carbocycles. The van der Waals surface area contributed by atoms with E-state index in [1.54, 1.807) is 6.92 Å². The molecule has 1 aliphatic rings. The number of sulfonamides is 1. The van der Waals surface area contributed by atoms with Crippen LogP contribution in [0.5, 0.6) is 0 Å². The van der Waals surface area contributed by atoms with Crippen LogP contribution in [0.1, 0.15) is 48.0 Å². The van der Waals surface area contributed by atoms with Crippen LogP contribution in [0, 0.1) is 6.92 Å². The van der Waals surface area contributed by atoms with Gasteiger partial charge in [0, 0.05) is 6.04 Å². The van der Waals surface area contributed by atoms with E-state index in [0.717, 1.165) is 31.7 Å². The summed E-state index contributed by atoms with van der Waals surface area (Å²) in [6.07, 6.45) is 5.24. The van der Waals surface area contributed by atoms with Crippen molar-refractivity contribution in [3.05, 3.63) is 29.3 Å². The van der Waals surface area contributed by atoms with Crippen LogP contribution in [0.4, 0.5) is 0 Å². The van der Waals surface area contributed by atoms with Crippen molar-refractivity contribution >= 4 is 21.9 Å². The molecule has 0 spiro atoms. The van der Waals surface area contributed by atoms with Crippen molar-refractivity contribution in [2.45, 2.75) is 50.0 Å². The molecule has 0 heterocycles. The molecular weight excluding hydrogens is 332 g/mol. The third kappa shape index (κ3) is 5.04. The maximum atomic E-state index is 12.1. The summed E-state index contributed by atoms with van der Waals surface area (Å²) in [5, 5.41) is 7.90. The maximum absolute atomic E-state index is 12.1. The number of primary sulfonamides is 1. The number of hydrogen-bond donors (Lipinski definition) is 2. The molecule has 0 unspecified atom stereocenters. The highest BCUT2D eigenvalue weighted by molar-refractivity contribution is 7.89. The monoisotopic (exact) mass is 354 g/mol. The fraction of sp³-hybridized carbons (Fsp3) is 0.500. The van der Waals surface area contributed by atoms with Crippen LogP contribution in [0.2, 0.25) is 0 Å². The molecule has 1 fully saturated rings. The molecule has 1 aromatic rings. The first-order valence-electron chi connectivity index (χ1n) is 7.87. The Morgan fingerprint density at radius 2 is 1.92 bits per heavy atom. The minimum atomic E-state index is -3.91. The summed E-state index contributed by atoms with van der Waals surface area (Å²) >= 11 is 0. The highest BCUT2D eigenvalue weighted by atomic mass is 32.2. The number of nitrogens with two attached hydrogens (primary N) is 1. The largest absolute Gasteiger partial charge is 0.452 e. The average Bonchev–Trinajstić information content (AvgIpc) is 2.53. The Morgan fingerprint density at radius 1 is 1.25 bits per heavy atom. The number of benzene rings is 1. The summed E-state index contributed by atoms with van der Waals surface area (Å²) in [6.45, 7) is 1.25. The Labute approximate surface area is 141 Å². The molecule has 0 radical (unpaired) electrons. The minimum Gasteiger partial charge on any atom is -0.452 e. The van der Waals surface area contributed by atoms with Gasteiger partial charge in [0.1, 0.15) is 0 Å². The number of carbonyl (C=O) groups is 2. The zero-order valence-corrected chi connectivity index (χ0v) is 14.4. The predicted octanol–water partition coefficient (Wildman–Crippen LogP) is 1.25. The van der Waals surface area contributed by atoms with Crippen molar-refractivity contribution < 1.29 is 22.7 Å². The molecule has 0 atom stereocenters. The molecule has 1 saturated carbocycles. The van der Waals surface area contributed by atoms with Crippen molar-refractivity contribution in [1.29, 1.82) is 0 Å². The van der Waals surface area contributed by atoms with Crippen molar-refractivity contribution in [2.24, 2.45) is 5.14 Å². The number of aryl methyl sites for hydroxylation is 1. The summed E-state index contributed by atoms with van der Waals surface area (Å²) in [4.78, 5) is 23.8. The molecule has 8 heteroatoms. The van der Waals surface area contributed by atoms with Gasteiger partial charge in [0.15, 0.2) is 6.61 Å². The lowest BCUT2D eigenvalue weighted by atomic mass is 9.95. The quantitative estimate of drug-likeness (QED) is 0.772. The van der Waals surface area contributed by atoms with Crippen molar-refractivity contribution in [1.82, 2.24) is 5.32 Å². The van der Waals surface area contributed by atoms with Gasteiger partial charge >= 0.3 is 5.97 Å². The number of hydrogen-bond acceptors (Lipinski definition) is 5. The molecule has 3 N–H and O–H groups in total. The highest BCUT2D eigenvalue weighted by Gasteiger charge is 2.19. The lowest BCUT2D eigenvalue weighted by molar-refractivity contribution is -0.125. The summed E-state index contributed by atoms with van der Waals surface area (Å²) in [5.41, 5.74) is 0.618. The first-order chi connectivity index (χ1) is 11.3. The second-order valence-electron chi connectivity index (χ2n) is 6.00. The van der Waals surface area contributed by atoms with Gasteiger partial charge in [0.25, 0.3) is 5.91 Å². The van der Waals surface area contributed by atoms with E-state index in [1.807, 2.05) is 0 Å². The second kappa shape index (κ2) is 7.76. The van der Waals surface area contributed by atoms with Crippen molar-refractivity contribution in [2.75, 3.05) is 6.61 Å². The third-order valence-corrected chi connectivity index (χ3v) is 4.97. The minimum absolute atomic E-state index is 0.0759. The molecule has 2 rings (SSSR count). The smallest absolute Gasteiger partial charge is 0.338 e. The number of esters is 1. The average molecular weight is 354 g/mol.